The third kappa shape index (κ3) is 5.46. The Hall–Kier alpha value is -2.08. The number of benzene rings is 1. The van der Waals surface area contributed by atoms with E-state index in [-0.39, 0.29) is 12.5 Å². The van der Waals surface area contributed by atoms with Crippen LogP contribution in [0.15, 0.2) is 24.3 Å². The lowest BCUT2D eigenvalue weighted by molar-refractivity contribution is -0.148. The Kier molecular flexibility index (Phi) is 6.82. The van der Waals surface area contributed by atoms with Crippen molar-refractivity contribution < 1.29 is 19.1 Å². The molecule has 0 bridgehead atoms. The van der Waals surface area contributed by atoms with Crippen molar-refractivity contribution in [3.8, 4) is 5.75 Å². The van der Waals surface area contributed by atoms with Crippen molar-refractivity contribution >= 4 is 17.5 Å². The predicted octanol–water partition coefficient (Wildman–Crippen LogP) is 2.86. The summed E-state index contributed by atoms with van der Waals surface area (Å²) in [6.45, 7) is 4.63. The molecule has 0 heterocycles. The molecule has 2 unspecified atom stereocenters. The van der Waals surface area contributed by atoms with Crippen molar-refractivity contribution in [1.82, 2.24) is 0 Å². The summed E-state index contributed by atoms with van der Waals surface area (Å²) in [5, 5.41) is 2.96. The summed E-state index contributed by atoms with van der Waals surface area (Å²) in [7, 11) is 0. The molecule has 1 saturated carbocycles. The minimum absolute atomic E-state index is 0.0849. The van der Waals surface area contributed by atoms with Crippen LogP contribution in [0.4, 0.5) is 5.69 Å². The average molecular weight is 348 g/mol. The molecule has 1 aromatic carbocycles. The lowest BCUT2D eigenvalue weighted by atomic mass is 9.78. The summed E-state index contributed by atoms with van der Waals surface area (Å²) in [4.78, 5) is 23.6. The van der Waals surface area contributed by atoms with Gasteiger partial charge >= 0.3 is 0 Å². The van der Waals surface area contributed by atoms with Gasteiger partial charge in [0.15, 0.2) is 6.61 Å². The van der Waals surface area contributed by atoms with Gasteiger partial charge in [-0.2, -0.15) is 0 Å². The molecule has 1 aliphatic carbocycles. The van der Waals surface area contributed by atoms with Crippen molar-refractivity contribution in [1.29, 1.82) is 0 Å². The Labute approximate surface area is 149 Å². The highest BCUT2D eigenvalue weighted by atomic mass is 16.5. The van der Waals surface area contributed by atoms with Gasteiger partial charge in [0, 0.05) is 12.3 Å². The molecular formula is C19H28N2O4. The van der Waals surface area contributed by atoms with Gasteiger partial charge in [-0.05, 0) is 55.9 Å². The van der Waals surface area contributed by atoms with Crippen molar-refractivity contribution in [3.63, 3.8) is 0 Å². The van der Waals surface area contributed by atoms with E-state index in [2.05, 4.69) is 12.2 Å². The second-order valence-electron chi connectivity index (χ2n) is 6.78. The Balaban J connectivity index is 2.03. The van der Waals surface area contributed by atoms with E-state index in [1.807, 2.05) is 6.92 Å². The first-order chi connectivity index (χ1) is 11.9. The van der Waals surface area contributed by atoms with Gasteiger partial charge in [0.2, 0.25) is 0 Å². The largest absolute Gasteiger partial charge is 0.484 e. The van der Waals surface area contributed by atoms with Gasteiger partial charge in [-0.1, -0.05) is 20.3 Å². The van der Waals surface area contributed by atoms with Crippen LogP contribution in [-0.4, -0.2) is 30.6 Å². The molecule has 1 aliphatic rings. The van der Waals surface area contributed by atoms with Crippen LogP contribution in [0, 0.1) is 5.92 Å². The summed E-state index contributed by atoms with van der Waals surface area (Å²) >= 11 is 0. The smallest absolute Gasteiger partial charge is 0.256 e. The molecule has 0 aromatic heterocycles. The van der Waals surface area contributed by atoms with E-state index < -0.39 is 11.5 Å². The zero-order valence-electron chi connectivity index (χ0n) is 15.0. The Morgan fingerprint density at radius 1 is 1.32 bits per heavy atom. The molecule has 6 heteroatoms. The molecule has 25 heavy (non-hydrogen) atoms. The second-order valence-corrected chi connectivity index (χ2v) is 6.78. The number of ether oxygens (including phenoxy) is 2. The highest BCUT2D eigenvalue weighted by Gasteiger charge is 2.42. The first-order valence-corrected chi connectivity index (χ1v) is 8.92. The summed E-state index contributed by atoms with van der Waals surface area (Å²) < 4.78 is 11.2. The lowest BCUT2D eigenvalue weighted by Crippen LogP contribution is -2.48. The standard InChI is InChI=1S/C19H28N2O4/c1-3-11-25-19(10-4-5-14(2)12-19)18(23)21-15-6-8-16(9-7-15)24-13-17(20)22/h6-9,14H,3-5,10-13H2,1-2H3,(H2,20,22)(H,21,23). The predicted molar refractivity (Wildman–Crippen MR) is 96.4 cm³/mol. The van der Waals surface area contributed by atoms with E-state index >= 15 is 0 Å². The zero-order chi connectivity index (χ0) is 18.3. The summed E-state index contributed by atoms with van der Waals surface area (Å²) in [6, 6.07) is 6.88. The molecule has 6 nitrogen and oxygen atoms in total. The van der Waals surface area contributed by atoms with Crippen molar-refractivity contribution in [2.24, 2.45) is 11.7 Å². The number of carbonyl (C=O) groups excluding carboxylic acids is 2. The maximum absolute atomic E-state index is 12.9. The number of nitrogens with two attached hydrogens (primary N) is 1. The van der Waals surface area contributed by atoms with E-state index in [4.69, 9.17) is 15.2 Å². The number of hydrogen-bond acceptors (Lipinski definition) is 4. The van der Waals surface area contributed by atoms with E-state index in [0.29, 0.717) is 24.0 Å². The topological polar surface area (TPSA) is 90.7 Å². The summed E-state index contributed by atoms with van der Waals surface area (Å²) in [6.07, 6.45) is 4.52. The third-order valence-electron chi connectivity index (χ3n) is 4.45. The van der Waals surface area contributed by atoms with Gasteiger partial charge < -0.3 is 20.5 Å². The van der Waals surface area contributed by atoms with Crippen molar-refractivity contribution in [2.75, 3.05) is 18.5 Å². The molecule has 2 rings (SSSR count). The maximum atomic E-state index is 12.9. The summed E-state index contributed by atoms with van der Waals surface area (Å²) in [5.74, 6) is 0.387. The Morgan fingerprint density at radius 2 is 2.04 bits per heavy atom. The fourth-order valence-electron chi connectivity index (χ4n) is 3.24. The number of anilines is 1. The van der Waals surface area contributed by atoms with E-state index in [9.17, 15) is 9.59 Å². The number of primary amides is 1. The fourth-order valence-corrected chi connectivity index (χ4v) is 3.24. The van der Waals surface area contributed by atoms with Crippen LogP contribution >= 0.6 is 0 Å². The van der Waals surface area contributed by atoms with Gasteiger partial charge in [0.25, 0.3) is 11.8 Å². The first kappa shape index (κ1) is 19.2. The molecule has 1 fully saturated rings. The van der Waals surface area contributed by atoms with E-state index in [1.165, 1.54) is 0 Å². The number of hydrogen-bond donors (Lipinski definition) is 2. The zero-order valence-corrected chi connectivity index (χ0v) is 15.0. The molecule has 2 amide bonds. The Bertz CT molecular complexity index is 588. The molecule has 0 spiro atoms. The first-order valence-electron chi connectivity index (χ1n) is 8.92. The fraction of sp³-hybridized carbons (Fsp3) is 0.579. The molecule has 0 saturated heterocycles. The lowest BCUT2D eigenvalue weighted by Gasteiger charge is -2.38. The average Bonchev–Trinajstić information content (AvgIpc) is 2.59. The normalized spacial score (nSPS) is 23.0. The van der Waals surface area contributed by atoms with Gasteiger partial charge in [0.1, 0.15) is 11.4 Å². The monoisotopic (exact) mass is 348 g/mol. The quantitative estimate of drug-likeness (QED) is 0.756. The van der Waals surface area contributed by atoms with Crippen LogP contribution in [0.5, 0.6) is 5.75 Å². The van der Waals surface area contributed by atoms with Crippen LogP contribution in [0.1, 0.15) is 46.0 Å². The van der Waals surface area contributed by atoms with Gasteiger partial charge in [-0.3, -0.25) is 9.59 Å². The molecule has 2 atom stereocenters. The van der Waals surface area contributed by atoms with E-state index in [0.717, 1.165) is 32.1 Å². The highest BCUT2D eigenvalue weighted by molar-refractivity contribution is 5.97. The van der Waals surface area contributed by atoms with Crippen molar-refractivity contribution in [2.45, 2.75) is 51.6 Å². The van der Waals surface area contributed by atoms with Gasteiger partial charge in [0.05, 0.1) is 0 Å². The van der Waals surface area contributed by atoms with Crippen LogP contribution in [0.2, 0.25) is 0 Å². The maximum Gasteiger partial charge on any atom is 0.256 e. The molecular weight excluding hydrogens is 320 g/mol. The highest BCUT2D eigenvalue weighted by Crippen LogP contribution is 2.36. The number of carbonyl (C=O) groups is 2. The van der Waals surface area contributed by atoms with Crippen LogP contribution in [0.25, 0.3) is 0 Å². The molecule has 0 aliphatic heterocycles. The molecule has 3 N–H and O–H groups in total. The SMILES string of the molecule is CCCOC1(C(=O)Nc2ccc(OCC(N)=O)cc2)CCCC(C)C1. The molecule has 1 aromatic rings. The van der Waals surface area contributed by atoms with Gasteiger partial charge in [-0.15, -0.1) is 0 Å². The van der Waals surface area contributed by atoms with Gasteiger partial charge in [-0.25, -0.2) is 0 Å². The Morgan fingerprint density at radius 3 is 2.64 bits per heavy atom. The number of amides is 2. The summed E-state index contributed by atoms with van der Waals surface area (Å²) in [5.41, 5.74) is 4.98. The number of nitrogens with one attached hydrogen (secondary N) is 1. The number of rotatable bonds is 8. The van der Waals surface area contributed by atoms with Crippen LogP contribution in [0.3, 0.4) is 0 Å². The van der Waals surface area contributed by atoms with Crippen LogP contribution in [-0.2, 0) is 14.3 Å². The van der Waals surface area contributed by atoms with Crippen molar-refractivity contribution in [3.05, 3.63) is 24.3 Å². The second kappa shape index (κ2) is 8.85. The third-order valence-corrected chi connectivity index (χ3v) is 4.45. The minimum Gasteiger partial charge on any atom is -0.484 e. The molecule has 138 valence electrons. The minimum atomic E-state index is -0.741. The van der Waals surface area contributed by atoms with E-state index in [1.54, 1.807) is 24.3 Å². The van der Waals surface area contributed by atoms with Crippen LogP contribution < -0.4 is 15.8 Å². The molecule has 0 radical (unpaired) electrons.